The van der Waals surface area contributed by atoms with E-state index in [0.717, 1.165) is 10.6 Å². The monoisotopic (exact) mass is 247 g/mol. The van der Waals surface area contributed by atoms with Gasteiger partial charge in [-0.05, 0) is 17.7 Å². The summed E-state index contributed by atoms with van der Waals surface area (Å²) in [6, 6.07) is 7.27. The fraction of sp³-hybridized carbons (Fsp3) is 0.167. The average molecular weight is 247 g/mol. The number of nitrogens with zero attached hydrogens (tertiary/aromatic N) is 1. The van der Waals surface area contributed by atoms with E-state index in [9.17, 15) is 4.79 Å². The summed E-state index contributed by atoms with van der Waals surface area (Å²) in [5, 5.41) is 5.60. The van der Waals surface area contributed by atoms with Gasteiger partial charge in [-0.3, -0.25) is 4.79 Å². The lowest BCUT2D eigenvalue weighted by Crippen LogP contribution is -2.22. The zero-order chi connectivity index (χ0) is 12.1. The van der Waals surface area contributed by atoms with Crippen molar-refractivity contribution in [3.63, 3.8) is 0 Å². The van der Waals surface area contributed by atoms with Gasteiger partial charge in [0.1, 0.15) is 5.01 Å². The van der Waals surface area contributed by atoms with Gasteiger partial charge in [-0.15, -0.1) is 11.3 Å². The second-order valence-electron chi connectivity index (χ2n) is 3.51. The van der Waals surface area contributed by atoms with Gasteiger partial charge in [-0.25, -0.2) is 4.98 Å². The minimum atomic E-state index is -0.0937. The van der Waals surface area contributed by atoms with Crippen LogP contribution in [0.4, 0.5) is 0 Å². The maximum absolute atomic E-state index is 11.8. The van der Waals surface area contributed by atoms with E-state index >= 15 is 0 Å². The van der Waals surface area contributed by atoms with Gasteiger partial charge in [-0.2, -0.15) is 0 Å². The number of benzene rings is 1. The van der Waals surface area contributed by atoms with Crippen molar-refractivity contribution in [1.82, 2.24) is 10.3 Å². The fourth-order valence-corrected chi connectivity index (χ4v) is 1.95. The first-order chi connectivity index (χ1) is 8.29. The highest BCUT2D eigenvalue weighted by atomic mass is 32.1. The van der Waals surface area contributed by atoms with Crippen LogP contribution in [-0.2, 0) is 13.1 Å². The van der Waals surface area contributed by atoms with Crippen LogP contribution in [0.2, 0.25) is 0 Å². The summed E-state index contributed by atoms with van der Waals surface area (Å²) < 4.78 is 0. The summed E-state index contributed by atoms with van der Waals surface area (Å²) in [6.07, 6.45) is 1.72. The van der Waals surface area contributed by atoms with Gasteiger partial charge >= 0.3 is 0 Å². The lowest BCUT2D eigenvalue weighted by atomic mass is 10.1. The third-order valence-corrected chi connectivity index (χ3v) is 3.12. The first-order valence-corrected chi connectivity index (χ1v) is 6.13. The van der Waals surface area contributed by atoms with Crippen LogP contribution in [0.15, 0.2) is 35.8 Å². The molecule has 1 aromatic heterocycles. The maximum Gasteiger partial charge on any atom is 0.251 e. The summed E-state index contributed by atoms with van der Waals surface area (Å²) in [5.41, 5.74) is 7.14. The minimum absolute atomic E-state index is 0.0937. The quantitative estimate of drug-likeness (QED) is 0.861. The summed E-state index contributed by atoms with van der Waals surface area (Å²) in [4.78, 5) is 15.9. The molecule has 0 spiro atoms. The second-order valence-corrected chi connectivity index (χ2v) is 4.49. The molecule has 17 heavy (non-hydrogen) atoms. The van der Waals surface area contributed by atoms with Gasteiger partial charge in [-0.1, -0.05) is 12.1 Å². The summed E-state index contributed by atoms with van der Waals surface area (Å²) >= 11 is 1.52. The molecule has 5 heteroatoms. The highest BCUT2D eigenvalue weighted by molar-refractivity contribution is 7.09. The molecule has 0 fully saturated rings. The Bertz CT molecular complexity index is 479. The van der Waals surface area contributed by atoms with Crippen molar-refractivity contribution in [2.24, 2.45) is 5.73 Å². The van der Waals surface area contributed by atoms with Crippen molar-refractivity contribution in [2.75, 3.05) is 0 Å². The molecular formula is C12H13N3OS. The first-order valence-electron chi connectivity index (χ1n) is 5.25. The van der Waals surface area contributed by atoms with E-state index in [4.69, 9.17) is 5.73 Å². The first kappa shape index (κ1) is 11.8. The van der Waals surface area contributed by atoms with Gasteiger partial charge < -0.3 is 11.1 Å². The van der Waals surface area contributed by atoms with Gasteiger partial charge in [0.2, 0.25) is 0 Å². The van der Waals surface area contributed by atoms with Crippen molar-refractivity contribution in [3.8, 4) is 0 Å². The van der Waals surface area contributed by atoms with Gasteiger partial charge in [0.05, 0.1) is 6.54 Å². The summed E-state index contributed by atoms with van der Waals surface area (Å²) in [7, 11) is 0. The van der Waals surface area contributed by atoms with Crippen LogP contribution >= 0.6 is 11.3 Å². The van der Waals surface area contributed by atoms with Gasteiger partial charge in [0, 0.05) is 23.7 Å². The molecule has 4 nitrogen and oxygen atoms in total. The number of hydrogen-bond donors (Lipinski definition) is 2. The molecule has 0 radical (unpaired) electrons. The Morgan fingerprint density at radius 1 is 1.35 bits per heavy atom. The minimum Gasteiger partial charge on any atom is -0.346 e. The summed E-state index contributed by atoms with van der Waals surface area (Å²) in [5.74, 6) is -0.0937. The Balaban J connectivity index is 1.95. The molecule has 1 amide bonds. The number of hydrogen-bond acceptors (Lipinski definition) is 4. The van der Waals surface area contributed by atoms with Crippen molar-refractivity contribution >= 4 is 17.2 Å². The van der Waals surface area contributed by atoms with Crippen LogP contribution in [0.25, 0.3) is 0 Å². The molecule has 0 bridgehead atoms. The van der Waals surface area contributed by atoms with E-state index in [1.54, 1.807) is 18.3 Å². The topological polar surface area (TPSA) is 68.0 Å². The molecule has 0 saturated carbocycles. The van der Waals surface area contributed by atoms with Crippen LogP contribution in [0.3, 0.4) is 0 Å². The van der Waals surface area contributed by atoms with Crippen LogP contribution in [0.5, 0.6) is 0 Å². The molecule has 88 valence electrons. The van der Waals surface area contributed by atoms with E-state index in [-0.39, 0.29) is 5.91 Å². The number of carbonyl (C=O) groups excluding carboxylic acids is 1. The molecule has 0 aliphatic heterocycles. The Hall–Kier alpha value is -1.72. The molecule has 0 aliphatic carbocycles. The van der Waals surface area contributed by atoms with E-state index in [1.807, 2.05) is 17.5 Å². The smallest absolute Gasteiger partial charge is 0.251 e. The number of aromatic nitrogens is 1. The Morgan fingerprint density at radius 2 is 2.12 bits per heavy atom. The Morgan fingerprint density at radius 3 is 2.71 bits per heavy atom. The number of thiazole rings is 1. The third kappa shape index (κ3) is 3.12. The maximum atomic E-state index is 11.8. The lowest BCUT2D eigenvalue weighted by Gasteiger charge is -2.04. The zero-order valence-electron chi connectivity index (χ0n) is 9.22. The highest BCUT2D eigenvalue weighted by Crippen LogP contribution is 2.06. The zero-order valence-corrected chi connectivity index (χ0v) is 10.0. The normalized spacial score (nSPS) is 10.2. The SMILES string of the molecule is NCc1ccc(C(=O)NCc2nccs2)cc1. The molecule has 1 heterocycles. The fourth-order valence-electron chi connectivity index (χ4n) is 1.39. The molecule has 0 unspecified atom stereocenters. The molecule has 1 aromatic carbocycles. The van der Waals surface area contributed by atoms with Crippen LogP contribution in [-0.4, -0.2) is 10.9 Å². The Labute approximate surface area is 103 Å². The number of nitrogens with one attached hydrogen (secondary N) is 1. The summed E-state index contributed by atoms with van der Waals surface area (Å²) in [6.45, 7) is 0.955. The molecule has 0 saturated heterocycles. The third-order valence-electron chi connectivity index (χ3n) is 2.34. The van der Waals surface area contributed by atoms with Gasteiger partial charge in [0.25, 0.3) is 5.91 Å². The van der Waals surface area contributed by atoms with E-state index < -0.39 is 0 Å². The number of rotatable bonds is 4. The largest absolute Gasteiger partial charge is 0.346 e. The predicted octanol–water partition coefficient (Wildman–Crippen LogP) is 1.53. The van der Waals surface area contributed by atoms with Crippen molar-refractivity contribution in [1.29, 1.82) is 0 Å². The van der Waals surface area contributed by atoms with E-state index in [1.165, 1.54) is 11.3 Å². The van der Waals surface area contributed by atoms with E-state index in [0.29, 0.717) is 18.7 Å². The standard InChI is InChI=1S/C12H13N3OS/c13-7-9-1-3-10(4-2-9)12(16)15-8-11-14-5-6-17-11/h1-6H,7-8,13H2,(H,15,16). The molecule has 3 N–H and O–H groups in total. The number of nitrogens with two attached hydrogens (primary N) is 1. The lowest BCUT2D eigenvalue weighted by molar-refractivity contribution is 0.0951. The Kier molecular flexibility index (Phi) is 3.85. The van der Waals surface area contributed by atoms with Crippen LogP contribution in [0.1, 0.15) is 20.9 Å². The van der Waals surface area contributed by atoms with Crippen LogP contribution < -0.4 is 11.1 Å². The van der Waals surface area contributed by atoms with Crippen molar-refractivity contribution in [3.05, 3.63) is 52.0 Å². The average Bonchev–Trinajstić information content (AvgIpc) is 2.89. The van der Waals surface area contributed by atoms with Crippen molar-refractivity contribution in [2.45, 2.75) is 13.1 Å². The predicted molar refractivity (Wildman–Crippen MR) is 67.6 cm³/mol. The van der Waals surface area contributed by atoms with E-state index in [2.05, 4.69) is 10.3 Å². The second kappa shape index (κ2) is 5.56. The molecule has 2 rings (SSSR count). The molecule has 2 aromatic rings. The number of amides is 1. The highest BCUT2D eigenvalue weighted by Gasteiger charge is 2.05. The van der Waals surface area contributed by atoms with Gasteiger partial charge in [0.15, 0.2) is 0 Å². The molecule has 0 atom stereocenters. The van der Waals surface area contributed by atoms with Crippen molar-refractivity contribution < 1.29 is 4.79 Å². The number of carbonyl (C=O) groups is 1. The molecular weight excluding hydrogens is 234 g/mol. The van der Waals surface area contributed by atoms with Crippen LogP contribution in [0, 0.1) is 0 Å². The molecule has 0 aliphatic rings.